The molecule has 0 amide bonds. The van der Waals surface area contributed by atoms with Crippen molar-refractivity contribution in [1.29, 1.82) is 0 Å². The summed E-state index contributed by atoms with van der Waals surface area (Å²) in [5.41, 5.74) is 0.261. The molecule has 74 valence electrons. The Bertz CT molecular complexity index is 350. The van der Waals surface area contributed by atoms with Crippen LogP contribution in [0.4, 0.5) is 5.82 Å². The summed E-state index contributed by atoms with van der Waals surface area (Å²) < 4.78 is 4.56. The van der Waals surface area contributed by atoms with E-state index in [2.05, 4.69) is 19.6 Å². The normalized spacial score (nSPS) is 14.8. The monoisotopic (exact) mass is 193 g/mol. The van der Waals surface area contributed by atoms with Crippen molar-refractivity contribution in [2.24, 2.45) is 0 Å². The second kappa shape index (κ2) is 3.61. The fraction of sp³-hybridized carbons (Fsp3) is 0.444. The van der Waals surface area contributed by atoms with Crippen LogP contribution in [0, 0.1) is 0 Å². The smallest absolute Gasteiger partial charge is 0.358 e. The maximum atomic E-state index is 11.2. The van der Waals surface area contributed by atoms with E-state index in [-0.39, 0.29) is 5.69 Å². The molecule has 0 N–H and O–H groups in total. The van der Waals surface area contributed by atoms with Crippen molar-refractivity contribution in [1.82, 2.24) is 9.97 Å². The number of carbonyl (C=O) groups is 1. The number of nitrogens with zero attached hydrogens (tertiary/aromatic N) is 3. The van der Waals surface area contributed by atoms with E-state index in [1.807, 2.05) is 0 Å². The molecular weight excluding hydrogens is 182 g/mol. The van der Waals surface area contributed by atoms with Gasteiger partial charge in [0.15, 0.2) is 5.69 Å². The van der Waals surface area contributed by atoms with Crippen LogP contribution in [-0.2, 0) is 4.74 Å². The van der Waals surface area contributed by atoms with E-state index in [1.54, 1.807) is 6.20 Å². The summed E-state index contributed by atoms with van der Waals surface area (Å²) in [4.78, 5) is 21.3. The summed E-state index contributed by atoms with van der Waals surface area (Å²) in [5.74, 6) is 0.305. The number of ether oxygens (including phenoxy) is 1. The van der Waals surface area contributed by atoms with Crippen LogP contribution in [0.25, 0.3) is 0 Å². The predicted octanol–water partition coefficient (Wildman–Crippen LogP) is 0.473. The molecule has 14 heavy (non-hydrogen) atoms. The molecule has 1 aromatic heterocycles. The van der Waals surface area contributed by atoms with E-state index >= 15 is 0 Å². The van der Waals surface area contributed by atoms with Crippen molar-refractivity contribution < 1.29 is 9.53 Å². The lowest BCUT2D eigenvalue weighted by atomic mass is 10.2. The maximum Gasteiger partial charge on any atom is 0.358 e. The third-order valence-electron chi connectivity index (χ3n) is 2.20. The first-order valence-electron chi connectivity index (χ1n) is 4.46. The molecule has 1 aliphatic rings. The summed E-state index contributed by atoms with van der Waals surface area (Å²) >= 11 is 0. The zero-order valence-corrected chi connectivity index (χ0v) is 7.93. The molecule has 0 radical (unpaired) electrons. The number of hydrogen-bond acceptors (Lipinski definition) is 5. The first-order chi connectivity index (χ1) is 6.81. The molecular formula is C9H11N3O2. The highest BCUT2D eigenvalue weighted by Crippen LogP contribution is 2.16. The first-order valence-corrected chi connectivity index (χ1v) is 4.46. The first kappa shape index (κ1) is 8.93. The minimum Gasteiger partial charge on any atom is -0.464 e. The van der Waals surface area contributed by atoms with Gasteiger partial charge in [0.2, 0.25) is 0 Å². The van der Waals surface area contributed by atoms with Crippen LogP contribution >= 0.6 is 0 Å². The third-order valence-corrected chi connectivity index (χ3v) is 2.20. The van der Waals surface area contributed by atoms with Crippen molar-refractivity contribution in [3.8, 4) is 0 Å². The number of hydrogen-bond donors (Lipinski definition) is 0. The van der Waals surface area contributed by atoms with Gasteiger partial charge in [0.05, 0.1) is 19.5 Å². The topological polar surface area (TPSA) is 55.3 Å². The van der Waals surface area contributed by atoms with E-state index in [1.165, 1.54) is 19.7 Å². The lowest BCUT2D eigenvalue weighted by molar-refractivity contribution is 0.0593. The fourth-order valence-electron chi connectivity index (χ4n) is 1.26. The summed E-state index contributed by atoms with van der Waals surface area (Å²) in [6, 6.07) is 0. The quantitative estimate of drug-likeness (QED) is 0.639. The number of anilines is 1. The van der Waals surface area contributed by atoms with Crippen LogP contribution in [0.15, 0.2) is 12.4 Å². The van der Waals surface area contributed by atoms with Crippen LogP contribution in [0.2, 0.25) is 0 Å². The van der Waals surface area contributed by atoms with Gasteiger partial charge in [-0.1, -0.05) is 0 Å². The standard InChI is InChI=1S/C9H11N3O2/c1-14-9(13)7-5-10-6-8(11-7)12-3-2-4-12/h5-6H,2-4H2,1H3. The molecule has 0 aliphatic carbocycles. The average Bonchev–Trinajstić information content (AvgIpc) is 2.14. The Morgan fingerprint density at radius 3 is 2.86 bits per heavy atom. The van der Waals surface area contributed by atoms with Crippen LogP contribution < -0.4 is 4.90 Å². The van der Waals surface area contributed by atoms with E-state index in [4.69, 9.17) is 0 Å². The van der Waals surface area contributed by atoms with Gasteiger partial charge in [-0.25, -0.2) is 9.78 Å². The Hall–Kier alpha value is -1.65. The molecule has 5 heteroatoms. The van der Waals surface area contributed by atoms with Gasteiger partial charge < -0.3 is 9.64 Å². The van der Waals surface area contributed by atoms with Gasteiger partial charge in [-0.05, 0) is 6.42 Å². The Morgan fingerprint density at radius 2 is 2.29 bits per heavy atom. The molecule has 1 aliphatic heterocycles. The second-order valence-corrected chi connectivity index (χ2v) is 3.09. The number of aromatic nitrogens is 2. The van der Waals surface area contributed by atoms with E-state index in [0.29, 0.717) is 0 Å². The lowest BCUT2D eigenvalue weighted by Gasteiger charge is -2.31. The third kappa shape index (κ3) is 1.53. The number of carbonyl (C=O) groups excluding carboxylic acids is 1. The summed E-state index contributed by atoms with van der Waals surface area (Å²) in [7, 11) is 1.33. The molecule has 0 saturated carbocycles. The van der Waals surface area contributed by atoms with Gasteiger partial charge in [-0.2, -0.15) is 0 Å². The highest BCUT2D eigenvalue weighted by molar-refractivity contribution is 5.87. The number of rotatable bonds is 2. The van der Waals surface area contributed by atoms with Crippen LogP contribution in [0.3, 0.4) is 0 Å². The Morgan fingerprint density at radius 1 is 1.50 bits per heavy atom. The minimum absolute atomic E-state index is 0.261. The van der Waals surface area contributed by atoms with Gasteiger partial charge in [0.1, 0.15) is 5.82 Å². The maximum absolute atomic E-state index is 11.2. The van der Waals surface area contributed by atoms with Gasteiger partial charge in [-0.15, -0.1) is 0 Å². The Labute approximate surface area is 81.7 Å². The SMILES string of the molecule is COC(=O)c1cncc(N2CCC2)n1. The average molecular weight is 193 g/mol. The van der Waals surface area contributed by atoms with Crippen LogP contribution in [0.5, 0.6) is 0 Å². The molecule has 0 bridgehead atoms. The molecule has 1 saturated heterocycles. The summed E-state index contributed by atoms with van der Waals surface area (Å²) in [6.07, 6.45) is 4.24. The van der Waals surface area contributed by atoms with E-state index < -0.39 is 5.97 Å². The molecule has 0 unspecified atom stereocenters. The van der Waals surface area contributed by atoms with Crippen molar-refractivity contribution in [3.63, 3.8) is 0 Å². The second-order valence-electron chi connectivity index (χ2n) is 3.09. The Balaban J connectivity index is 2.21. The molecule has 2 rings (SSSR count). The number of esters is 1. The van der Waals surface area contributed by atoms with Crippen LogP contribution in [-0.4, -0.2) is 36.1 Å². The zero-order chi connectivity index (χ0) is 9.97. The molecule has 5 nitrogen and oxygen atoms in total. The highest BCUT2D eigenvalue weighted by atomic mass is 16.5. The van der Waals surface area contributed by atoms with E-state index in [0.717, 1.165) is 18.9 Å². The molecule has 0 spiro atoms. The van der Waals surface area contributed by atoms with E-state index in [9.17, 15) is 4.79 Å². The van der Waals surface area contributed by atoms with Gasteiger partial charge >= 0.3 is 5.97 Å². The van der Waals surface area contributed by atoms with Gasteiger partial charge in [0, 0.05) is 13.1 Å². The predicted molar refractivity (Wildman–Crippen MR) is 50.2 cm³/mol. The Kier molecular flexibility index (Phi) is 2.30. The minimum atomic E-state index is -0.445. The van der Waals surface area contributed by atoms with Crippen molar-refractivity contribution >= 4 is 11.8 Å². The van der Waals surface area contributed by atoms with Crippen molar-refractivity contribution in [2.75, 3.05) is 25.1 Å². The summed E-state index contributed by atoms with van der Waals surface area (Å²) in [5, 5.41) is 0. The lowest BCUT2D eigenvalue weighted by Crippen LogP contribution is -2.37. The molecule has 0 aromatic carbocycles. The molecule has 0 atom stereocenters. The summed E-state index contributed by atoms with van der Waals surface area (Å²) in [6.45, 7) is 1.97. The zero-order valence-electron chi connectivity index (χ0n) is 7.93. The van der Waals surface area contributed by atoms with Gasteiger partial charge in [0.25, 0.3) is 0 Å². The van der Waals surface area contributed by atoms with Crippen molar-refractivity contribution in [3.05, 3.63) is 18.1 Å². The largest absolute Gasteiger partial charge is 0.464 e. The molecule has 2 heterocycles. The van der Waals surface area contributed by atoms with Crippen LogP contribution in [0.1, 0.15) is 16.9 Å². The fourth-order valence-corrected chi connectivity index (χ4v) is 1.26. The number of methoxy groups -OCH3 is 1. The van der Waals surface area contributed by atoms with Gasteiger partial charge in [-0.3, -0.25) is 4.98 Å². The van der Waals surface area contributed by atoms with Crippen molar-refractivity contribution in [2.45, 2.75) is 6.42 Å². The highest BCUT2D eigenvalue weighted by Gasteiger charge is 2.17. The molecule has 1 fully saturated rings. The molecule has 1 aromatic rings.